The van der Waals surface area contributed by atoms with Crippen molar-refractivity contribution < 1.29 is 4.74 Å². The largest absolute Gasteiger partial charge is 0.378 e. The first-order valence-electron chi connectivity index (χ1n) is 7.54. The summed E-state index contributed by atoms with van der Waals surface area (Å²) in [4.78, 5) is 5.17. The number of likely N-dealkylation sites (tertiary alicyclic amines) is 2. The average molecular weight is 252 g/mol. The predicted molar refractivity (Wildman–Crippen MR) is 73.7 cm³/mol. The molecule has 18 heavy (non-hydrogen) atoms. The van der Waals surface area contributed by atoms with E-state index in [9.17, 15) is 0 Å². The average Bonchev–Trinajstić information content (AvgIpc) is 2.90. The second kappa shape index (κ2) is 4.46. The van der Waals surface area contributed by atoms with Crippen molar-refractivity contribution in [3.05, 3.63) is 0 Å². The molecule has 2 saturated heterocycles. The van der Waals surface area contributed by atoms with Crippen molar-refractivity contribution in [2.24, 2.45) is 10.8 Å². The van der Waals surface area contributed by atoms with Gasteiger partial charge in [0.15, 0.2) is 0 Å². The third-order valence-corrected chi connectivity index (χ3v) is 4.97. The summed E-state index contributed by atoms with van der Waals surface area (Å²) in [5, 5.41) is 0. The Labute approximate surface area is 111 Å². The summed E-state index contributed by atoms with van der Waals surface area (Å²) >= 11 is 0. The van der Waals surface area contributed by atoms with E-state index in [2.05, 4.69) is 30.7 Å². The predicted octanol–water partition coefficient (Wildman–Crippen LogP) is 1.83. The van der Waals surface area contributed by atoms with Crippen LogP contribution in [0.25, 0.3) is 0 Å². The second-order valence-electron chi connectivity index (χ2n) is 7.49. The van der Waals surface area contributed by atoms with E-state index in [0.29, 0.717) is 16.9 Å². The van der Waals surface area contributed by atoms with Crippen molar-refractivity contribution in [2.75, 3.05) is 46.4 Å². The zero-order chi connectivity index (χ0) is 12.8. The third-order valence-electron chi connectivity index (χ3n) is 4.97. The van der Waals surface area contributed by atoms with Gasteiger partial charge in [-0.05, 0) is 46.7 Å². The maximum absolute atomic E-state index is 5.85. The molecule has 0 N–H and O–H groups in total. The minimum absolute atomic E-state index is 0.382. The number of nitrogens with zero attached hydrogens (tertiary/aromatic N) is 2. The Morgan fingerprint density at radius 2 is 1.83 bits per heavy atom. The lowest BCUT2D eigenvalue weighted by atomic mass is 9.79. The molecule has 0 aromatic heterocycles. The van der Waals surface area contributed by atoms with Crippen LogP contribution in [-0.4, -0.2) is 62.3 Å². The minimum Gasteiger partial charge on any atom is -0.378 e. The summed E-state index contributed by atoms with van der Waals surface area (Å²) in [6, 6.07) is 0. The van der Waals surface area contributed by atoms with Crippen molar-refractivity contribution in [1.29, 1.82) is 0 Å². The van der Waals surface area contributed by atoms with E-state index in [1.165, 1.54) is 52.0 Å². The fraction of sp³-hybridized carbons (Fsp3) is 1.00. The number of rotatable bonds is 5. The van der Waals surface area contributed by atoms with Crippen LogP contribution in [0.2, 0.25) is 0 Å². The highest BCUT2D eigenvalue weighted by Gasteiger charge is 2.50. The molecule has 0 amide bonds. The van der Waals surface area contributed by atoms with Gasteiger partial charge in [0.05, 0.1) is 12.7 Å². The van der Waals surface area contributed by atoms with Crippen molar-refractivity contribution >= 4 is 0 Å². The van der Waals surface area contributed by atoms with Gasteiger partial charge in [-0.1, -0.05) is 0 Å². The van der Waals surface area contributed by atoms with Crippen LogP contribution >= 0.6 is 0 Å². The lowest BCUT2D eigenvalue weighted by Crippen LogP contribution is -2.55. The molecule has 0 unspecified atom stereocenters. The van der Waals surface area contributed by atoms with Gasteiger partial charge < -0.3 is 14.5 Å². The van der Waals surface area contributed by atoms with Gasteiger partial charge in [0.25, 0.3) is 0 Å². The summed E-state index contributed by atoms with van der Waals surface area (Å²) in [5.74, 6) is 0. The summed E-state index contributed by atoms with van der Waals surface area (Å²) in [5.41, 5.74) is 1.18. The van der Waals surface area contributed by atoms with E-state index in [4.69, 9.17) is 4.74 Å². The van der Waals surface area contributed by atoms with Crippen LogP contribution in [0.5, 0.6) is 0 Å². The van der Waals surface area contributed by atoms with Crippen LogP contribution in [-0.2, 0) is 4.74 Å². The van der Waals surface area contributed by atoms with Crippen LogP contribution in [0.4, 0.5) is 0 Å². The monoisotopic (exact) mass is 252 g/mol. The van der Waals surface area contributed by atoms with E-state index >= 15 is 0 Å². The van der Waals surface area contributed by atoms with E-state index in [-0.39, 0.29) is 0 Å². The molecule has 0 atom stereocenters. The molecular formula is C15H28N2O. The van der Waals surface area contributed by atoms with Gasteiger partial charge in [-0.15, -0.1) is 0 Å². The Morgan fingerprint density at radius 1 is 1.11 bits per heavy atom. The number of hydrogen-bond donors (Lipinski definition) is 0. The molecular weight excluding hydrogens is 224 g/mol. The third kappa shape index (κ3) is 2.59. The van der Waals surface area contributed by atoms with Gasteiger partial charge >= 0.3 is 0 Å². The molecule has 0 bridgehead atoms. The lowest BCUT2D eigenvalue weighted by molar-refractivity contribution is 0.0162. The molecule has 3 nitrogen and oxygen atoms in total. The van der Waals surface area contributed by atoms with Gasteiger partial charge in [-0.25, -0.2) is 0 Å². The Morgan fingerprint density at radius 3 is 2.39 bits per heavy atom. The van der Waals surface area contributed by atoms with E-state index in [0.717, 1.165) is 6.61 Å². The summed E-state index contributed by atoms with van der Waals surface area (Å²) in [6.45, 7) is 11.8. The molecule has 0 aromatic carbocycles. The SMILES string of the molecule is CC(C)OCC1(CN2CCC3(CN(C)C3)C2)CC1. The molecule has 2 heterocycles. The highest BCUT2D eigenvalue weighted by molar-refractivity contribution is 5.03. The molecule has 1 saturated carbocycles. The van der Waals surface area contributed by atoms with Gasteiger partial charge in [0.2, 0.25) is 0 Å². The highest BCUT2D eigenvalue weighted by Crippen LogP contribution is 2.48. The molecule has 1 aliphatic carbocycles. The smallest absolute Gasteiger partial charge is 0.0538 e. The topological polar surface area (TPSA) is 15.7 Å². The van der Waals surface area contributed by atoms with Crippen molar-refractivity contribution in [3.63, 3.8) is 0 Å². The van der Waals surface area contributed by atoms with Gasteiger partial charge in [-0.2, -0.15) is 0 Å². The Bertz CT molecular complexity index is 306. The molecule has 0 aromatic rings. The molecule has 3 heteroatoms. The Balaban J connectivity index is 1.46. The molecule has 3 fully saturated rings. The molecule has 3 aliphatic rings. The zero-order valence-electron chi connectivity index (χ0n) is 12.2. The van der Waals surface area contributed by atoms with Gasteiger partial charge in [-0.3, -0.25) is 0 Å². The van der Waals surface area contributed by atoms with Crippen molar-refractivity contribution in [3.8, 4) is 0 Å². The van der Waals surface area contributed by atoms with Gasteiger partial charge in [0, 0.05) is 37.0 Å². The first kappa shape index (κ1) is 12.9. The fourth-order valence-corrected chi connectivity index (χ4v) is 3.86. The van der Waals surface area contributed by atoms with Crippen LogP contribution in [0.1, 0.15) is 33.1 Å². The maximum atomic E-state index is 5.85. The van der Waals surface area contributed by atoms with Crippen molar-refractivity contribution in [1.82, 2.24) is 9.80 Å². The molecule has 104 valence electrons. The number of ether oxygens (including phenoxy) is 1. The summed E-state index contributed by atoms with van der Waals surface area (Å²) in [7, 11) is 2.24. The fourth-order valence-electron chi connectivity index (χ4n) is 3.86. The Kier molecular flexibility index (Phi) is 3.20. The summed E-state index contributed by atoms with van der Waals surface area (Å²) < 4.78 is 5.85. The first-order chi connectivity index (χ1) is 8.51. The lowest BCUT2D eigenvalue weighted by Gasteiger charge is -2.46. The van der Waals surface area contributed by atoms with E-state index in [1.54, 1.807) is 0 Å². The Hall–Kier alpha value is -0.120. The zero-order valence-corrected chi connectivity index (χ0v) is 12.2. The van der Waals surface area contributed by atoms with Crippen molar-refractivity contribution in [2.45, 2.75) is 39.2 Å². The molecule has 2 aliphatic heterocycles. The van der Waals surface area contributed by atoms with Crippen LogP contribution in [0.3, 0.4) is 0 Å². The number of hydrogen-bond acceptors (Lipinski definition) is 3. The van der Waals surface area contributed by atoms with E-state index < -0.39 is 0 Å². The van der Waals surface area contributed by atoms with Crippen LogP contribution in [0, 0.1) is 10.8 Å². The van der Waals surface area contributed by atoms with Gasteiger partial charge in [0.1, 0.15) is 0 Å². The summed E-state index contributed by atoms with van der Waals surface area (Å²) in [6.07, 6.45) is 4.55. The molecule has 1 spiro atoms. The van der Waals surface area contributed by atoms with Crippen LogP contribution < -0.4 is 0 Å². The standard InChI is InChI=1S/C15H28N2O/c1-13(2)18-12-14(4-5-14)10-17-7-6-15(11-17)8-16(3)9-15/h13H,4-12H2,1-3H3. The maximum Gasteiger partial charge on any atom is 0.0538 e. The quantitative estimate of drug-likeness (QED) is 0.742. The normalized spacial score (nSPS) is 30.0. The van der Waals surface area contributed by atoms with Crippen LogP contribution in [0.15, 0.2) is 0 Å². The minimum atomic E-state index is 0.382. The highest BCUT2D eigenvalue weighted by atomic mass is 16.5. The van der Waals surface area contributed by atoms with E-state index in [1.807, 2.05) is 0 Å². The first-order valence-corrected chi connectivity index (χ1v) is 7.54. The second-order valence-corrected chi connectivity index (χ2v) is 7.49. The molecule has 0 radical (unpaired) electrons. The molecule has 3 rings (SSSR count).